The second-order valence-corrected chi connectivity index (χ2v) is 4.59. The van der Waals surface area contributed by atoms with Crippen LogP contribution in [0.5, 0.6) is 0 Å². The lowest BCUT2D eigenvalue weighted by molar-refractivity contribution is 0.0696. The van der Waals surface area contributed by atoms with Gasteiger partial charge in [0.05, 0.1) is 5.69 Å². The van der Waals surface area contributed by atoms with Crippen LogP contribution in [0.3, 0.4) is 0 Å². The number of alkyl halides is 1. The van der Waals surface area contributed by atoms with Crippen molar-refractivity contribution in [3.63, 3.8) is 0 Å². The lowest BCUT2D eigenvalue weighted by Gasteiger charge is -1.98. The Morgan fingerprint density at radius 2 is 2.06 bits per heavy atom. The molecule has 82 valence electrons. The molecule has 0 spiro atoms. The molecule has 1 heterocycles. The Labute approximate surface area is 105 Å². The Morgan fingerprint density at radius 1 is 1.38 bits per heavy atom. The summed E-state index contributed by atoms with van der Waals surface area (Å²) in [7, 11) is 0. The van der Waals surface area contributed by atoms with Crippen LogP contribution in [-0.4, -0.2) is 16.1 Å². The van der Waals surface area contributed by atoms with Crippen LogP contribution in [0.25, 0.3) is 11.3 Å². The molecule has 0 saturated heterocycles. The van der Waals surface area contributed by atoms with E-state index in [1.54, 1.807) is 5.38 Å². The maximum absolute atomic E-state index is 10.7. The molecule has 2 rings (SSSR count). The van der Waals surface area contributed by atoms with Gasteiger partial charge in [0, 0.05) is 16.3 Å². The summed E-state index contributed by atoms with van der Waals surface area (Å²) in [6.45, 7) is 0. The Bertz CT molecular complexity index is 507. The Kier molecular flexibility index (Phi) is 3.36. The van der Waals surface area contributed by atoms with E-state index in [2.05, 4.69) is 20.9 Å². The van der Waals surface area contributed by atoms with Crippen molar-refractivity contribution in [2.24, 2.45) is 0 Å². The number of hydrogen-bond acceptors (Lipinski definition) is 3. The summed E-state index contributed by atoms with van der Waals surface area (Å²) < 4.78 is 0. The average Bonchev–Trinajstić information content (AvgIpc) is 2.78. The normalized spacial score (nSPS) is 10.3. The van der Waals surface area contributed by atoms with Crippen LogP contribution in [-0.2, 0) is 5.33 Å². The van der Waals surface area contributed by atoms with Gasteiger partial charge in [-0.15, -0.1) is 11.3 Å². The number of aromatic nitrogens is 1. The first-order valence-corrected chi connectivity index (χ1v) is 6.55. The minimum atomic E-state index is -0.978. The number of benzene rings is 1. The van der Waals surface area contributed by atoms with Crippen molar-refractivity contribution in [1.29, 1.82) is 0 Å². The van der Waals surface area contributed by atoms with E-state index < -0.39 is 5.97 Å². The maximum Gasteiger partial charge on any atom is 0.365 e. The van der Waals surface area contributed by atoms with E-state index in [9.17, 15) is 4.79 Å². The first-order valence-electron chi connectivity index (χ1n) is 4.55. The monoisotopic (exact) mass is 297 g/mol. The molecule has 3 nitrogen and oxygen atoms in total. The van der Waals surface area contributed by atoms with Crippen LogP contribution < -0.4 is 0 Å². The van der Waals surface area contributed by atoms with Gasteiger partial charge < -0.3 is 5.11 Å². The fourth-order valence-corrected chi connectivity index (χ4v) is 2.31. The van der Waals surface area contributed by atoms with Crippen LogP contribution >= 0.6 is 27.3 Å². The standard InChI is InChI=1S/C11H8BrNO2S/c12-5-7-1-3-8(4-2-7)9-6-16-10(13-9)11(14)15/h1-4,6H,5H2,(H,14,15). The zero-order chi connectivity index (χ0) is 11.5. The van der Waals surface area contributed by atoms with Crippen LogP contribution in [0.1, 0.15) is 15.4 Å². The molecule has 0 fully saturated rings. The Morgan fingerprint density at radius 3 is 2.56 bits per heavy atom. The number of carboxylic acids is 1. The number of halogens is 1. The molecule has 0 bridgehead atoms. The predicted molar refractivity (Wildman–Crippen MR) is 67.1 cm³/mol. The van der Waals surface area contributed by atoms with Gasteiger partial charge in [0.25, 0.3) is 0 Å². The molecule has 0 radical (unpaired) electrons. The number of carbonyl (C=O) groups is 1. The summed E-state index contributed by atoms with van der Waals surface area (Å²) in [4.78, 5) is 14.7. The van der Waals surface area contributed by atoms with Gasteiger partial charge in [0.15, 0.2) is 0 Å². The number of nitrogens with zero attached hydrogens (tertiary/aromatic N) is 1. The van der Waals surface area contributed by atoms with Gasteiger partial charge in [-0.1, -0.05) is 40.2 Å². The molecular weight excluding hydrogens is 290 g/mol. The van der Waals surface area contributed by atoms with E-state index in [1.807, 2.05) is 24.3 Å². The number of carboxylic acid groups (broad SMARTS) is 1. The fraction of sp³-hybridized carbons (Fsp3) is 0.0909. The van der Waals surface area contributed by atoms with Crippen molar-refractivity contribution >= 4 is 33.2 Å². The van der Waals surface area contributed by atoms with Gasteiger partial charge >= 0.3 is 5.97 Å². The molecule has 0 aliphatic carbocycles. The number of rotatable bonds is 3. The molecule has 0 aliphatic rings. The molecule has 0 atom stereocenters. The molecule has 1 aromatic heterocycles. The zero-order valence-electron chi connectivity index (χ0n) is 8.18. The topological polar surface area (TPSA) is 50.2 Å². The lowest BCUT2D eigenvalue weighted by Crippen LogP contribution is -1.94. The highest BCUT2D eigenvalue weighted by Gasteiger charge is 2.09. The van der Waals surface area contributed by atoms with E-state index in [0.717, 1.165) is 22.2 Å². The highest BCUT2D eigenvalue weighted by atomic mass is 79.9. The molecule has 1 aromatic carbocycles. The van der Waals surface area contributed by atoms with Crippen LogP contribution in [0, 0.1) is 0 Å². The first kappa shape index (κ1) is 11.3. The van der Waals surface area contributed by atoms with Crippen molar-refractivity contribution in [3.8, 4) is 11.3 Å². The minimum absolute atomic E-state index is 0.125. The summed E-state index contributed by atoms with van der Waals surface area (Å²) in [5, 5.41) is 11.5. The van der Waals surface area contributed by atoms with Crippen LogP contribution in [0.4, 0.5) is 0 Å². The summed E-state index contributed by atoms with van der Waals surface area (Å²) in [6.07, 6.45) is 0. The number of hydrogen-bond donors (Lipinski definition) is 1. The second kappa shape index (κ2) is 4.76. The quantitative estimate of drug-likeness (QED) is 0.883. The van der Waals surface area contributed by atoms with Crippen molar-refractivity contribution in [1.82, 2.24) is 4.98 Å². The van der Waals surface area contributed by atoms with E-state index in [4.69, 9.17) is 5.11 Å². The fourth-order valence-electron chi connectivity index (χ4n) is 1.27. The average molecular weight is 298 g/mol. The van der Waals surface area contributed by atoms with Crippen molar-refractivity contribution in [2.75, 3.05) is 0 Å². The summed E-state index contributed by atoms with van der Waals surface area (Å²) in [5.74, 6) is -0.978. The molecule has 0 amide bonds. The minimum Gasteiger partial charge on any atom is -0.476 e. The van der Waals surface area contributed by atoms with E-state index in [0.29, 0.717) is 5.69 Å². The summed E-state index contributed by atoms with van der Waals surface area (Å²) in [6, 6.07) is 7.86. The molecule has 0 unspecified atom stereocenters. The first-order chi connectivity index (χ1) is 7.70. The van der Waals surface area contributed by atoms with Gasteiger partial charge in [-0.05, 0) is 5.56 Å². The van der Waals surface area contributed by atoms with E-state index in [-0.39, 0.29) is 5.01 Å². The van der Waals surface area contributed by atoms with Gasteiger partial charge in [-0.3, -0.25) is 0 Å². The Hall–Kier alpha value is -1.20. The molecular formula is C11H8BrNO2S. The molecule has 5 heteroatoms. The second-order valence-electron chi connectivity index (χ2n) is 3.17. The van der Waals surface area contributed by atoms with Crippen molar-refractivity contribution in [3.05, 3.63) is 40.2 Å². The SMILES string of the molecule is O=C(O)c1nc(-c2ccc(CBr)cc2)cs1. The van der Waals surface area contributed by atoms with Crippen LogP contribution in [0.15, 0.2) is 29.6 Å². The van der Waals surface area contributed by atoms with E-state index in [1.165, 1.54) is 5.56 Å². The van der Waals surface area contributed by atoms with Gasteiger partial charge in [-0.2, -0.15) is 0 Å². The predicted octanol–water partition coefficient (Wildman–Crippen LogP) is 3.40. The highest BCUT2D eigenvalue weighted by Crippen LogP contribution is 2.22. The summed E-state index contributed by atoms with van der Waals surface area (Å²) >= 11 is 4.51. The Balaban J connectivity index is 2.31. The third kappa shape index (κ3) is 2.31. The number of aromatic carboxylic acids is 1. The lowest BCUT2D eigenvalue weighted by atomic mass is 10.1. The molecule has 0 aliphatic heterocycles. The molecule has 16 heavy (non-hydrogen) atoms. The maximum atomic E-state index is 10.7. The number of thiazole rings is 1. The van der Waals surface area contributed by atoms with Gasteiger partial charge in [0.1, 0.15) is 0 Å². The third-order valence-corrected chi connectivity index (χ3v) is 3.57. The van der Waals surface area contributed by atoms with Crippen LogP contribution in [0.2, 0.25) is 0 Å². The van der Waals surface area contributed by atoms with Gasteiger partial charge in [0.2, 0.25) is 5.01 Å². The third-order valence-electron chi connectivity index (χ3n) is 2.09. The zero-order valence-corrected chi connectivity index (χ0v) is 10.6. The highest BCUT2D eigenvalue weighted by molar-refractivity contribution is 9.08. The van der Waals surface area contributed by atoms with Gasteiger partial charge in [-0.25, -0.2) is 9.78 Å². The molecule has 0 saturated carbocycles. The van der Waals surface area contributed by atoms with E-state index >= 15 is 0 Å². The smallest absolute Gasteiger partial charge is 0.365 e. The largest absolute Gasteiger partial charge is 0.476 e. The molecule has 2 aromatic rings. The molecule has 1 N–H and O–H groups in total. The summed E-state index contributed by atoms with van der Waals surface area (Å²) in [5.41, 5.74) is 2.83. The van der Waals surface area contributed by atoms with Crippen molar-refractivity contribution < 1.29 is 9.90 Å². The van der Waals surface area contributed by atoms with Crippen molar-refractivity contribution in [2.45, 2.75) is 5.33 Å².